The lowest BCUT2D eigenvalue weighted by Gasteiger charge is -2.06. The minimum Gasteiger partial charge on any atom is -0.465 e. The molecule has 26 heavy (non-hydrogen) atoms. The number of furan rings is 1. The van der Waals surface area contributed by atoms with Crippen molar-refractivity contribution in [2.24, 2.45) is 4.99 Å². The number of fused-ring (bicyclic) bond motifs is 1. The fourth-order valence-corrected chi connectivity index (χ4v) is 3.88. The first-order valence-electron chi connectivity index (χ1n) is 7.99. The van der Waals surface area contributed by atoms with E-state index in [2.05, 4.69) is 20.9 Å². The zero-order chi connectivity index (χ0) is 18.8. The minimum atomic E-state index is -0.506. The average Bonchev–Trinajstić information content (AvgIpc) is 3.14. The van der Waals surface area contributed by atoms with Crippen molar-refractivity contribution in [3.8, 4) is 0 Å². The molecule has 0 saturated carbocycles. The minimum absolute atomic E-state index is 0.00962. The summed E-state index contributed by atoms with van der Waals surface area (Å²) in [6, 6.07) is 7.21. The van der Waals surface area contributed by atoms with Crippen LogP contribution >= 0.6 is 27.3 Å². The maximum atomic E-state index is 12.4. The molecule has 8 heteroatoms. The fourth-order valence-electron chi connectivity index (χ4n) is 2.47. The fraction of sp³-hybridized carbons (Fsp3) is 0.278. The van der Waals surface area contributed by atoms with Crippen LogP contribution in [0.15, 0.2) is 38.3 Å². The van der Waals surface area contributed by atoms with Gasteiger partial charge in [0.1, 0.15) is 6.54 Å². The number of hydrogen-bond donors (Lipinski definition) is 0. The third kappa shape index (κ3) is 3.81. The van der Waals surface area contributed by atoms with Crippen LogP contribution < -0.4 is 4.80 Å². The van der Waals surface area contributed by atoms with E-state index in [1.165, 1.54) is 11.3 Å². The van der Waals surface area contributed by atoms with E-state index in [1.807, 2.05) is 26.0 Å². The molecule has 0 radical (unpaired) electrons. The predicted octanol–water partition coefficient (Wildman–Crippen LogP) is 3.98. The number of nitrogens with zero attached hydrogens (tertiary/aromatic N) is 2. The first kappa shape index (κ1) is 18.6. The van der Waals surface area contributed by atoms with Crippen LogP contribution in [-0.4, -0.2) is 23.1 Å². The largest absolute Gasteiger partial charge is 0.465 e. The number of hydrogen-bond acceptors (Lipinski definition) is 5. The van der Waals surface area contributed by atoms with Gasteiger partial charge in [-0.25, -0.2) is 0 Å². The van der Waals surface area contributed by atoms with Crippen molar-refractivity contribution in [2.75, 3.05) is 6.61 Å². The molecule has 136 valence electrons. The van der Waals surface area contributed by atoms with Gasteiger partial charge in [0.2, 0.25) is 0 Å². The molecule has 1 aromatic carbocycles. The molecule has 6 nitrogen and oxygen atoms in total. The Hall–Kier alpha value is -2.19. The molecule has 0 spiro atoms. The number of aryl methyl sites for hydroxylation is 2. The Morgan fingerprint density at radius 3 is 2.65 bits per heavy atom. The molecule has 0 aliphatic rings. The van der Waals surface area contributed by atoms with Gasteiger partial charge in [-0.3, -0.25) is 9.59 Å². The monoisotopic (exact) mass is 436 g/mol. The molecule has 1 amide bonds. The van der Waals surface area contributed by atoms with Crippen LogP contribution in [0.1, 0.15) is 28.6 Å². The maximum absolute atomic E-state index is 12.4. The smallest absolute Gasteiger partial charge is 0.326 e. The number of thiazole rings is 1. The summed E-state index contributed by atoms with van der Waals surface area (Å²) < 4.78 is 13.4. The van der Waals surface area contributed by atoms with E-state index < -0.39 is 5.91 Å². The number of aromatic nitrogens is 1. The standard InChI is InChI=1S/C18H17BrN2O4S/c1-4-24-16(22)9-21-12-7-10(2)11(3)8-14(12)26-18(21)20-17(23)13-5-6-15(19)25-13/h5-8H,4,9H2,1-3H3. The zero-order valence-electron chi connectivity index (χ0n) is 14.5. The van der Waals surface area contributed by atoms with Gasteiger partial charge in [0.05, 0.1) is 16.8 Å². The summed E-state index contributed by atoms with van der Waals surface area (Å²) in [5.41, 5.74) is 3.08. The highest BCUT2D eigenvalue weighted by Crippen LogP contribution is 2.22. The van der Waals surface area contributed by atoms with Crippen LogP contribution in [0.4, 0.5) is 0 Å². The molecular formula is C18H17BrN2O4S. The van der Waals surface area contributed by atoms with Crippen molar-refractivity contribution in [1.82, 2.24) is 4.57 Å². The topological polar surface area (TPSA) is 73.8 Å². The SMILES string of the molecule is CCOC(=O)Cn1c(=NC(=O)c2ccc(Br)o2)sc2cc(C)c(C)cc21. The number of amides is 1. The van der Waals surface area contributed by atoms with E-state index >= 15 is 0 Å². The van der Waals surface area contributed by atoms with E-state index in [0.717, 1.165) is 21.3 Å². The van der Waals surface area contributed by atoms with Crippen molar-refractivity contribution in [3.63, 3.8) is 0 Å². The summed E-state index contributed by atoms with van der Waals surface area (Å²) in [5.74, 6) is -0.752. The first-order chi connectivity index (χ1) is 12.4. The second-order valence-corrected chi connectivity index (χ2v) is 7.49. The molecule has 0 fully saturated rings. The Morgan fingerprint density at radius 2 is 2.00 bits per heavy atom. The van der Waals surface area contributed by atoms with Gasteiger partial charge in [0.15, 0.2) is 15.2 Å². The van der Waals surface area contributed by atoms with E-state index in [0.29, 0.717) is 16.1 Å². The summed E-state index contributed by atoms with van der Waals surface area (Å²) in [6.07, 6.45) is 0. The molecule has 0 unspecified atom stereocenters. The first-order valence-corrected chi connectivity index (χ1v) is 9.60. The molecule has 2 aromatic heterocycles. The van der Waals surface area contributed by atoms with Crippen LogP contribution in [0.25, 0.3) is 10.2 Å². The lowest BCUT2D eigenvalue weighted by atomic mass is 10.1. The Morgan fingerprint density at radius 1 is 1.27 bits per heavy atom. The number of rotatable bonds is 4. The molecule has 0 N–H and O–H groups in total. The molecule has 0 atom stereocenters. The van der Waals surface area contributed by atoms with Gasteiger partial charge in [0, 0.05) is 0 Å². The Balaban J connectivity index is 2.14. The normalized spacial score (nSPS) is 11.9. The summed E-state index contributed by atoms with van der Waals surface area (Å²) in [7, 11) is 0. The van der Waals surface area contributed by atoms with Crippen LogP contribution in [0.2, 0.25) is 0 Å². The number of benzene rings is 1. The molecule has 0 bridgehead atoms. The maximum Gasteiger partial charge on any atom is 0.326 e. The van der Waals surface area contributed by atoms with E-state index in [-0.39, 0.29) is 18.3 Å². The molecule has 3 aromatic rings. The van der Waals surface area contributed by atoms with Gasteiger partial charge in [-0.1, -0.05) is 11.3 Å². The predicted molar refractivity (Wildman–Crippen MR) is 102 cm³/mol. The zero-order valence-corrected chi connectivity index (χ0v) is 16.9. The van der Waals surface area contributed by atoms with Crippen LogP contribution in [-0.2, 0) is 16.1 Å². The molecule has 3 rings (SSSR count). The second-order valence-electron chi connectivity index (χ2n) is 5.70. The average molecular weight is 437 g/mol. The van der Waals surface area contributed by atoms with E-state index in [9.17, 15) is 9.59 Å². The molecule has 0 saturated heterocycles. The summed E-state index contributed by atoms with van der Waals surface area (Å²) in [6.45, 7) is 6.07. The molecule has 2 heterocycles. The lowest BCUT2D eigenvalue weighted by Crippen LogP contribution is -2.23. The Labute approximate surface area is 162 Å². The van der Waals surface area contributed by atoms with Gasteiger partial charge in [-0.2, -0.15) is 4.99 Å². The van der Waals surface area contributed by atoms with Crippen LogP contribution in [0.3, 0.4) is 0 Å². The highest BCUT2D eigenvalue weighted by molar-refractivity contribution is 9.10. The van der Waals surface area contributed by atoms with Crippen molar-refractivity contribution in [2.45, 2.75) is 27.3 Å². The molecule has 0 aliphatic heterocycles. The van der Waals surface area contributed by atoms with Crippen molar-refractivity contribution in [1.29, 1.82) is 0 Å². The number of ether oxygens (including phenoxy) is 1. The van der Waals surface area contributed by atoms with Crippen LogP contribution in [0.5, 0.6) is 0 Å². The van der Waals surface area contributed by atoms with Gasteiger partial charge < -0.3 is 13.7 Å². The number of carbonyl (C=O) groups excluding carboxylic acids is 2. The van der Waals surface area contributed by atoms with E-state index in [1.54, 1.807) is 23.6 Å². The third-order valence-corrected chi connectivity index (χ3v) is 5.34. The molecular weight excluding hydrogens is 420 g/mol. The Bertz CT molecular complexity index is 1060. The number of carbonyl (C=O) groups is 2. The summed E-state index contributed by atoms with van der Waals surface area (Å²) in [5, 5.41) is 0. The highest BCUT2D eigenvalue weighted by atomic mass is 79.9. The second kappa shape index (κ2) is 7.59. The van der Waals surface area contributed by atoms with Crippen molar-refractivity contribution < 1.29 is 18.7 Å². The summed E-state index contributed by atoms with van der Waals surface area (Å²) in [4.78, 5) is 29.0. The van der Waals surface area contributed by atoms with Crippen molar-refractivity contribution in [3.05, 3.63) is 50.6 Å². The highest BCUT2D eigenvalue weighted by Gasteiger charge is 2.15. The van der Waals surface area contributed by atoms with Crippen molar-refractivity contribution >= 4 is 49.4 Å². The quantitative estimate of drug-likeness (QED) is 0.579. The Kier molecular flexibility index (Phi) is 5.43. The van der Waals surface area contributed by atoms with Gasteiger partial charge in [0.25, 0.3) is 0 Å². The van der Waals surface area contributed by atoms with Gasteiger partial charge in [-0.15, -0.1) is 0 Å². The van der Waals surface area contributed by atoms with E-state index in [4.69, 9.17) is 9.15 Å². The summed E-state index contributed by atoms with van der Waals surface area (Å²) >= 11 is 4.52. The molecule has 0 aliphatic carbocycles. The van der Waals surface area contributed by atoms with Gasteiger partial charge in [-0.05, 0) is 72.1 Å². The number of halogens is 1. The third-order valence-electron chi connectivity index (χ3n) is 3.87. The van der Waals surface area contributed by atoms with Gasteiger partial charge >= 0.3 is 11.9 Å². The van der Waals surface area contributed by atoms with Crippen LogP contribution in [0, 0.1) is 13.8 Å². The lowest BCUT2D eigenvalue weighted by molar-refractivity contribution is -0.143. The number of esters is 1.